The number of hydrogen-bond acceptors (Lipinski definition) is 5. The lowest BCUT2D eigenvalue weighted by Gasteiger charge is -2.31. The van der Waals surface area contributed by atoms with Crippen molar-refractivity contribution in [2.75, 3.05) is 4.90 Å². The van der Waals surface area contributed by atoms with Crippen molar-refractivity contribution < 1.29 is 24.2 Å². The molecule has 3 aromatic rings. The van der Waals surface area contributed by atoms with Gasteiger partial charge in [-0.2, -0.15) is 4.98 Å². The van der Waals surface area contributed by atoms with Crippen LogP contribution in [0.15, 0.2) is 65.1 Å². The lowest BCUT2D eigenvalue weighted by atomic mass is 10.1. The van der Waals surface area contributed by atoms with Gasteiger partial charge in [0.1, 0.15) is 17.8 Å². The Labute approximate surface area is 174 Å². The molecule has 1 aromatic heterocycles. The standard InChI is InChI=1S/C23H24N2O5/c1-3-17(21(26)27)25(18(4-2)22(28)29)23-24-19(15-11-7-5-8-12-15)20(30-23)16-13-9-6-10-14-16/h5-14,17-18H,3-4H2,1-2H3,(H,26,27)(H,28,29). The number of carboxylic acid groups (broad SMARTS) is 2. The van der Waals surface area contributed by atoms with E-state index in [4.69, 9.17) is 4.42 Å². The molecule has 0 bridgehead atoms. The van der Waals surface area contributed by atoms with Crippen molar-refractivity contribution in [2.24, 2.45) is 0 Å². The van der Waals surface area contributed by atoms with E-state index >= 15 is 0 Å². The molecular formula is C23H24N2O5. The van der Waals surface area contributed by atoms with Crippen LogP contribution in [0.25, 0.3) is 22.6 Å². The molecule has 0 aliphatic carbocycles. The largest absolute Gasteiger partial charge is 0.480 e. The van der Waals surface area contributed by atoms with E-state index in [0.717, 1.165) is 11.1 Å². The first-order valence-corrected chi connectivity index (χ1v) is 9.83. The van der Waals surface area contributed by atoms with Crippen LogP contribution >= 0.6 is 0 Å². The van der Waals surface area contributed by atoms with Crippen molar-refractivity contribution in [1.29, 1.82) is 0 Å². The molecule has 0 saturated heterocycles. The molecule has 2 unspecified atom stereocenters. The van der Waals surface area contributed by atoms with Crippen LogP contribution in [-0.4, -0.2) is 39.2 Å². The lowest BCUT2D eigenvalue weighted by molar-refractivity contribution is -0.141. The number of nitrogens with zero attached hydrogens (tertiary/aromatic N) is 2. The van der Waals surface area contributed by atoms with Gasteiger partial charge in [-0.3, -0.25) is 4.90 Å². The summed E-state index contributed by atoms with van der Waals surface area (Å²) in [6.45, 7) is 3.39. The van der Waals surface area contributed by atoms with E-state index in [1.807, 2.05) is 60.7 Å². The van der Waals surface area contributed by atoms with Crippen LogP contribution in [0.1, 0.15) is 26.7 Å². The van der Waals surface area contributed by atoms with Gasteiger partial charge >= 0.3 is 11.9 Å². The van der Waals surface area contributed by atoms with E-state index in [2.05, 4.69) is 4.98 Å². The minimum absolute atomic E-state index is 0.0174. The van der Waals surface area contributed by atoms with Crippen LogP contribution in [-0.2, 0) is 9.59 Å². The molecule has 0 fully saturated rings. The molecule has 0 aliphatic rings. The van der Waals surface area contributed by atoms with Crippen LogP contribution < -0.4 is 4.90 Å². The van der Waals surface area contributed by atoms with Crippen molar-refractivity contribution in [3.63, 3.8) is 0 Å². The molecule has 7 nitrogen and oxygen atoms in total. The lowest BCUT2D eigenvalue weighted by Crippen LogP contribution is -2.51. The SMILES string of the molecule is CCC(C(=O)O)N(c1nc(-c2ccccc2)c(-c2ccccc2)o1)C(CC)C(=O)O. The summed E-state index contributed by atoms with van der Waals surface area (Å²) < 4.78 is 6.07. The fourth-order valence-electron chi connectivity index (χ4n) is 3.46. The molecule has 2 aromatic carbocycles. The summed E-state index contributed by atoms with van der Waals surface area (Å²) in [5.74, 6) is -1.79. The third-order valence-electron chi connectivity index (χ3n) is 4.94. The van der Waals surface area contributed by atoms with Crippen molar-refractivity contribution in [3.8, 4) is 22.6 Å². The minimum atomic E-state index is -1.13. The second-order valence-electron chi connectivity index (χ2n) is 6.84. The highest BCUT2D eigenvalue weighted by atomic mass is 16.4. The molecular weight excluding hydrogens is 384 g/mol. The maximum atomic E-state index is 11.9. The number of benzene rings is 2. The number of carbonyl (C=O) groups is 2. The summed E-state index contributed by atoms with van der Waals surface area (Å²) in [6, 6.07) is 16.5. The average molecular weight is 408 g/mol. The highest BCUT2D eigenvalue weighted by molar-refractivity contribution is 5.85. The summed E-state index contributed by atoms with van der Waals surface area (Å²) in [7, 11) is 0. The van der Waals surface area contributed by atoms with Gasteiger partial charge in [-0.1, -0.05) is 74.5 Å². The smallest absolute Gasteiger partial charge is 0.326 e. The first-order valence-electron chi connectivity index (χ1n) is 9.83. The van der Waals surface area contributed by atoms with Crippen LogP contribution in [0.3, 0.4) is 0 Å². The predicted molar refractivity (Wildman–Crippen MR) is 113 cm³/mol. The number of oxazole rings is 1. The highest BCUT2D eigenvalue weighted by Gasteiger charge is 2.37. The van der Waals surface area contributed by atoms with Gasteiger partial charge in [0, 0.05) is 11.1 Å². The molecule has 0 saturated carbocycles. The quantitative estimate of drug-likeness (QED) is 0.535. The van der Waals surface area contributed by atoms with Gasteiger partial charge in [-0.05, 0) is 12.8 Å². The number of rotatable bonds is 9. The maximum absolute atomic E-state index is 11.9. The van der Waals surface area contributed by atoms with Gasteiger partial charge in [0.2, 0.25) is 0 Å². The summed E-state index contributed by atoms with van der Waals surface area (Å²) in [5, 5.41) is 19.5. The molecule has 156 valence electrons. The highest BCUT2D eigenvalue weighted by Crippen LogP contribution is 2.37. The summed E-state index contributed by atoms with van der Waals surface area (Å²) >= 11 is 0. The molecule has 3 rings (SSSR count). The second kappa shape index (κ2) is 9.26. The normalized spacial score (nSPS) is 12.9. The third kappa shape index (κ3) is 4.20. The number of anilines is 1. The molecule has 1 heterocycles. The van der Waals surface area contributed by atoms with E-state index in [1.54, 1.807) is 13.8 Å². The summed E-state index contributed by atoms with van der Waals surface area (Å²) in [4.78, 5) is 29.7. The minimum Gasteiger partial charge on any atom is -0.480 e. The Bertz CT molecular complexity index is 922. The Morgan fingerprint density at radius 2 is 1.33 bits per heavy atom. The van der Waals surface area contributed by atoms with Crippen molar-refractivity contribution in [3.05, 3.63) is 60.7 Å². The molecule has 0 amide bonds. The Balaban J connectivity index is 2.23. The summed E-state index contributed by atoms with van der Waals surface area (Å²) in [5.41, 5.74) is 2.09. The second-order valence-corrected chi connectivity index (χ2v) is 6.84. The number of hydrogen-bond donors (Lipinski definition) is 2. The predicted octanol–water partition coefficient (Wildman–Crippen LogP) is 4.54. The van der Waals surface area contributed by atoms with Crippen LogP contribution in [0.4, 0.5) is 6.01 Å². The van der Waals surface area contributed by atoms with E-state index in [1.165, 1.54) is 4.90 Å². The Morgan fingerprint density at radius 3 is 1.77 bits per heavy atom. The van der Waals surface area contributed by atoms with Crippen molar-refractivity contribution in [1.82, 2.24) is 4.98 Å². The van der Waals surface area contributed by atoms with Crippen LogP contribution in [0.2, 0.25) is 0 Å². The zero-order chi connectivity index (χ0) is 21.7. The summed E-state index contributed by atoms with van der Waals surface area (Å²) in [6.07, 6.45) is 0.395. The number of aliphatic carboxylic acids is 2. The van der Waals surface area contributed by atoms with Gasteiger partial charge < -0.3 is 14.6 Å². The van der Waals surface area contributed by atoms with E-state index in [0.29, 0.717) is 11.5 Å². The maximum Gasteiger partial charge on any atom is 0.326 e. The molecule has 0 radical (unpaired) electrons. The third-order valence-corrected chi connectivity index (χ3v) is 4.94. The first-order chi connectivity index (χ1) is 14.5. The Morgan fingerprint density at radius 1 is 0.867 bits per heavy atom. The van der Waals surface area contributed by atoms with Gasteiger partial charge in [0.15, 0.2) is 5.76 Å². The molecule has 0 spiro atoms. The van der Waals surface area contributed by atoms with Crippen LogP contribution in [0, 0.1) is 0 Å². The van der Waals surface area contributed by atoms with Gasteiger partial charge in [0.25, 0.3) is 6.01 Å². The van der Waals surface area contributed by atoms with Gasteiger partial charge in [0.05, 0.1) is 0 Å². The average Bonchev–Trinajstić information content (AvgIpc) is 3.19. The van der Waals surface area contributed by atoms with Gasteiger partial charge in [-0.15, -0.1) is 0 Å². The number of carboxylic acids is 2. The number of aromatic nitrogens is 1. The molecule has 2 atom stereocenters. The van der Waals surface area contributed by atoms with E-state index < -0.39 is 24.0 Å². The molecule has 7 heteroatoms. The van der Waals surface area contributed by atoms with Crippen molar-refractivity contribution in [2.45, 2.75) is 38.8 Å². The van der Waals surface area contributed by atoms with E-state index in [9.17, 15) is 19.8 Å². The van der Waals surface area contributed by atoms with E-state index in [-0.39, 0.29) is 18.9 Å². The topological polar surface area (TPSA) is 104 Å². The monoisotopic (exact) mass is 408 g/mol. The fraction of sp³-hybridized carbons (Fsp3) is 0.261. The Hall–Kier alpha value is -3.61. The zero-order valence-corrected chi connectivity index (χ0v) is 16.9. The fourth-order valence-corrected chi connectivity index (χ4v) is 3.46. The molecule has 30 heavy (non-hydrogen) atoms. The first kappa shape index (κ1) is 21.1. The zero-order valence-electron chi connectivity index (χ0n) is 16.9. The molecule has 0 aliphatic heterocycles. The Kier molecular flexibility index (Phi) is 6.51. The van der Waals surface area contributed by atoms with Gasteiger partial charge in [-0.25, -0.2) is 9.59 Å². The van der Waals surface area contributed by atoms with Crippen molar-refractivity contribution >= 4 is 18.0 Å². The van der Waals surface area contributed by atoms with Crippen LogP contribution in [0.5, 0.6) is 0 Å². The molecule has 2 N–H and O–H groups in total.